The summed E-state index contributed by atoms with van der Waals surface area (Å²) in [7, 11) is 6.05. The molecule has 0 saturated heterocycles. The van der Waals surface area contributed by atoms with E-state index in [-0.39, 0.29) is 5.56 Å². The second-order valence-electron chi connectivity index (χ2n) is 6.01. The average molecular weight is 403 g/mol. The van der Waals surface area contributed by atoms with Crippen LogP contribution in [-0.4, -0.2) is 31.8 Å². The van der Waals surface area contributed by atoms with Gasteiger partial charge in [-0.25, -0.2) is 0 Å². The molecule has 0 fully saturated rings. The van der Waals surface area contributed by atoms with Crippen molar-refractivity contribution in [3.05, 3.63) is 57.5 Å². The number of ether oxygens (including phenoxy) is 3. The number of fused-ring (bicyclic) bond motifs is 1. The number of hydrogen-bond acceptors (Lipinski definition) is 5. The minimum Gasteiger partial charge on any atom is -0.495 e. The molecule has 0 saturated carbocycles. The predicted octanol–water partition coefficient (Wildman–Crippen LogP) is 3.47. The molecule has 3 aromatic rings. The van der Waals surface area contributed by atoms with Gasteiger partial charge < -0.3 is 24.1 Å². The van der Waals surface area contributed by atoms with Gasteiger partial charge in [0.1, 0.15) is 5.75 Å². The van der Waals surface area contributed by atoms with Gasteiger partial charge in [0.15, 0.2) is 11.5 Å². The van der Waals surface area contributed by atoms with E-state index in [9.17, 15) is 9.59 Å². The highest BCUT2D eigenvalue weighted by Crippen LogP contribution is 2.33. The number of carbonyl (C=O) groups excluding carboxylic acids is 1. The third-order valence-electron chi connectivity index (χ3n) is 4.34. The third-order valence-corrected chi connectivity index (χ3v) is 4.58. The van der Waals surface area contributed by atoms with E-state index in [0.29, 0.717) is 44.3 Å². The van der Waals surface area contributed by atoms with Crippen molar-refractivity contribution in [2.45, 2.75) is 0 Å². The van der Waals surface area contributed by atoms with Gasteiger partial charge >= 0.3 is 0 Å². The van der Waals surface area contributed by atoms with E-state index in [0.717, 1.165) is 0 Å². The first-order valence-corrected chi connectivity index (χ1v) is 8.67. The standard InChI is InChI=1S/C20H19ClN2O5/c1-23-10-14(19(24)22-15-7-11(21)5-6-16(15)26-2)12-8-17(27-3)18(28-4)9-13(12)20(23)25/h5-10H,1-4H3,(H,22,24). The Morgan fingerprint density at radius 2 is 1.57 bits per heavy atom. The summed E-state index contributed by atoms with van der Waals surface area (Å²) in [5.74, 6) is 0.860. The summed E-state index contributed by atoms with van der Waals surface area (Å²) in [6, 6.07) is 8.08. The molecule has 0 aliphatic rings. The highest BCUT2D eigenvalue weighted by atomic mass is 35.5. The Labute approximate surface area is 166 Å². The quantitative estimate of drug-likeness (QED) is 0.707. The second kappa shape index (κ2) is 7.82. The Morgan fingerprint density at radius 1 is 0.964 bits per heavy atom. The normalized spacial score (nSPS) is 10.6. The molecule has 0 unspecified atom stereocenters. The molecule has 8 heteroatoms. The summed E-state index contributed by atoms with van der Waals surface area (Å²) < 4.78 is 17.2. The summed E-state index contributed by atoms with van der Waals surface area (Å²) in [5, 5.41) is 4.02. The largest absolute Gasteiger partial charge is 0.495 e. The van der Waals surface area contributed by atoms with Crippen LogP contribution in [0.3, 0.4) is 0 Å². The lowest BCUT2D eigenvalue weighted by Gasteiger charge is -2.14. The first-order valence-electron chi connectivity index (χ1n) is 8.29. The zero-order chi connectivity index (χ0) is 20.4. The smallest absolute Gasteiger partial charge is 0.258 e. The van der Waals surface area contributed by atoms with E-state index in [1.165, 1.54) is 32.1 Å². The van der Waals surface area contributed by atoms with Crippen molar-refractivity contribution in [3.8, 4) is 17.2 Å². The molecule has 7 nitrogen and oxygen atoms in total. The molecule has 1 N–H and O–H groups in total. The van der Waals surface area contributed by atoms with E-state index in [4.69, 9.17) is 25.8 Å². The van der Waals surface area contributed by atoms with Crippen LogP contribution in [0.25, 0.3) is 10.8 Å². The highest BCUT2D eigenvalue weighted by molar-refractivity contribution is 6.31. The number of amides is 1. The van der Waals surface area contributed by atoms with Gasteiger partial charge in [-0.15, -0.1) is 0 Å². The van der Waals surface area contributed by atoms with Gasteiger partial charge in [0, 0.05) is 23.7 Å². The molecule has 28 heavy (non-hydrogen) atoms. The number of nitrogens with zero attached hydrogens (tertiary/aromatic N) is 1. The number of halogens is 1. The zero-order valence-corrected chi connectivity index (χ0v) is 16.6. The molecular formula is C20H19ClN2O5. The van der Waals surface area contributed by atoms with Crippen LogP contribution in [0, 0.1) is 0 Å². The number of pyridine rings is 1. The number of benzene rings is 2. The Balaban J connectivity index is 2.17. The van der Waals surface area contributed by atoms with Crippen molar-refractivity contribution in [1.82, 2.24) is 4.57 Å². The predicted molar refractivity (Wildman–Crippen MR) is 108 cm³/mol. The summed E-state index contributed by atoms with van der Waals surface area (Å²) in [4.78, 5) is 25.6. The average Bonchev–Trinajstić information content (AvgIpc) is 2.69. The van der Waals surface area contributed by atoms with E-state index in [1.807, 2.05) is 0 Å². The van der Waals surface area contributed by atoms with Gasteiger partial charge in [-0.05, 0) is 30.3 Å². The first kappa shape index (κ1) is 19.6. The number of aryl methyl sites for hydroxylation is 1. The van der Waals surface area contributed by atoms with Crippen molar-refractivity contribution in [1.29, 1.82) is 0 Å². The van der Waals surface area contributed by atoms with Crippen LogP contribution in [0.1, 0.15) is 10.4 Å². The van der Waals surface area contributed by atoms with Crippen molar-refractivity contribution < 1.29 is 19.0 Å². The Morgan fingerprint density at radius 3 is 2.18 bits per heavy atom. The fourth-order valence-corrected chi connectivity index (χ4v) is 3.11. The number of anilines is 1. The van der Waals surface area contributed by atoms with Crippen LogP contribution in [0.5, 0.6) is 17.2 Å². The summed E-state index contributed by atoms with van der Waals surface area (Å²) in [6.07, 6.45) is 1.48. The third kappa shape index (κ3) is 3.48. The molecule has 0 radical (unpaired) electrons. The first-order chi connectivity index (χ1) is 13.4. The van der Waals surface area contributed by atoms with Gasteiger partial charge in [0.05, 0.1) is 38.0 Å². The molecule has 146 valence electrons. The van der Waals surface area contributed by atoms with Crippen molar-refractivity contribution in [3.63, 3.8) is 0 Å². The molecule has 3 rings (SSSR count). The Bertz CT molecular complexity index is 1120. The number of rotatable bonds is 5. The monoisotopic (exact) mass is 402 g/mol. The van der Waals surface area contributed by atoms with E-state index < -0.39 is 5.91 Å². The van der Waals surface area contributed by atoms with E-state index >= 15 is 0 Å². The Kier molecular flexibility index (Phi) is 5.46. The number of methoxy groups -OCH3 is 3. The van der Waals surface area contributed by atoms with E-state index in [1.54, 1.807) is 37.4 Å². The van der Waals surface area contributed by atoms with Gasteiger partial charge in [0.2, 0.25) is 0 Å². The Hall–Kier alpha value is -3.19. The minimum atomic E-state index is -0.423. The molecule has 0 spiro atoms. The van der Waals surface area contributed by atoms with Crippen LogP contribution >= 0.6 is 11.6 Å². The molecule has 0 atom stereocenters. The number of hydrogen-bond donors (Lipinski definition) is 1. The van der Waals surface area contributed by atoms with E-state index in [2.05, 4.69) is 5.32 Å². The van der Waals surface area contributed by atoms with Gasteiger partial charge in [-0.2, -0.15) is 0 Å². The summed E-state index contributed by atoms with van der Waals surface area (Å²) in [6.45, 7) is 0. The lowest BCUT2D eigenvalue weighted by Crippen LogP contribution is -2.22. The lowest BCUT2D eigenvalue weighted by molar-refractivity contribution is 0.102. The lowest BCUT2D eigenvalue weighted by atomic mass is 10.1. The van der Waals surface area contributed by atoms with Gasteiger partial charge in [0.25, 0.3) is 11.5 Å². The molecule has 1 amide bonds. The number of nitrogens with one attached hydrogen (secondary N) is 1. The van der Waals surface area contributed by atoms with Gasteiger partial charge in [-0.1, -0.05) is 11.6 Å². The zero-order valence-electron chi connectivity index (χ0n) is 15.8. The molecule has 0 aliphatic carbocycles. The van der Waals surface area contributed by atoms with Gasteiger partial charge in [-0.3, -0.25) is 9.59 Å². The van der Waals surface area contributed by atoms with Crippen LogP contribution < -0.4 is 25.1 Å². The van der Waals surface area contributed by atoms with Crippen LogP contribution in [-0.2, 0) is 7.05 Å². The topological polar surface area (TPSA) is 78.8 Å². The number of carbonyl (C=O) groups is 1. The van der Waals surface area contributed by atoms with Crippen LogP contribution in [0.4, 0.5) is 5.69 Å². The summed E-state index contributed by atoms with van der Waals surface area (Å²) >= 11 is 6.03. The maximum absolute atomic E-state index is 13.0. The second-order valence-corrected chi connectivity index (χ2v) is 6.45. The van der Waals surface area contributed by atoms with Crippen molar-refractivity contribution in [2.75, 3.05) is 26.6 Å². The molecule has 0 bridgehead atoms. The molecule has 1 heterocycles. The molecule has 0 aliphatic heterocycles. The summed E-state index contributed by atoms with van der Waals surface area (Å²) in [5.41, 5.74) is 0.454. The molecule has 1 aromatic heterocycles. The maximum Gasteiger partial charge on any atom is 0.258 e. The maximum atomic E-state index is 13.0. The van der Waals surface area contributed by atoms with Crippen molar-refractivity contribution in [2.24, 2.45) is 7.05 Å². The minimum absolute atomic E-state index is 0.257. The molecule has 2 aromatic carbocycles. The SMILES string of the molecule is COc1ccc(Cl)cc1NC(=O)c1cn(C)c(=O)c2cc(OC)c(OC)cc12. The van der Waals surface area contributed by atoms with Crippen molar-refractivity contribution >= 4 is 34.0 Å². The van der Waals surface area contributed by atoms with Crippen LogP contribution in [0.15, 0.2) is 41.3 Å². The number of aromatic nitrogens is 1. The van der Waals surface area contributed by atoms with Crippen LogP contribution in [0.2, 0.25) is 5.02 Å². The fourth-order valence-electron chi connectivity index (χ4n) is 2.94. The fraction of sp³-hybridized carbons (Fsp3) is 0.200. The highest BCUT2D eigenvalue weighted by Gasteiger charge is 2.18. The molecular weight excluding hydrogens is 384 g/mol.